The molecular weight excluding hydrogens is 311 g/mol. The first-order valence-electron chi connectivity index (χ1n) is 7.73. The number of nitrogens with zero attached hydrogens (tertiary/aromatic N) is 2. The van der Waals surface area contributed by atoms with Crippen LogP contribution in [0.15, 0.2) is 42.6 Å². The van der Waals surface area contributed by atoms with Gasteiger partial charge in [-0.05, 0) is 29.8 Å². The summed E-state index contributed by atoms with van der Waals surface area (Å²) in [7, 11) is 1.74. The van der Waals surface area contributed by atoms with Gasteiger partial charge in [-0.3, -0.25) is 4.79 Å². The first kappa shape index (κ1) is 16.0. The summed E-state index contributed by atoms with van der Waals surface area (Å²) in [5.74, 6) is -0.359. The van der Waals surface area contributed by atoms with E-state index < -0.39 is 0 Å². The fourth-order valence-corrected chi connectivity index (χ4v) is 2.72. The lowest BCUT2D eigenvalue weighted by atomic mass is 10.2. The van der Waals surface area contributed by atoms with Crippen LogP contribution >= 0.6 is 0 Å². The average molecular weight is 330 g/mol. The second kappa shape index (κ2) is 6.74. The third-order valence-electron chi connectivity index (χ3n) is 4.19. The minimum absolute atomic E-state index is 0.0511. The fourth-order valence-electron chi connectivity index (χ4n) is 2.72. The molecule has 0 fully saturated rings. The molecule has 6 nitrogen and oxygen atoms in total. The summed E-state index contributed by atoms with van der Waals surface area (Å²) in [5.41, 5.74) is 1.48. The lowest BCUT2D eigenvalue weighted by Gasteiger charge is -2.33. The van der Waals surface area contributed by atoms with Crippen LogP contribution in [0.1, 0.15) is 16.1 Å². The number of likely N-dealkylation sites (N-methyl/N-ethyl adjacent to an activating group) is 1. The van der Waals surface area contributed by atoms with Gasteiger partial charge in [-0.15, -0.1) is 0 Å². The van der Waals surface area contributed by atoms with Crippen molar-refractivity contribution in [2.24, 2.45) is 0 Å². The topological polar surface area (TPSA) is 66.4 Å². The highest BCUT2D eigenvalue weighted by Crippen LogP contribution is 2.16. The molecule has 1 aromatic heterocycles. The Labute approximate surface area is 139 Å². The molecule has 0 saturated carbocycles. The Balaban J connectivity index is 1.49. The van der Waals surface area contributed by atoms with Crippen molar-refractivity contribution in [3.8, 4) is 0 Å². The van der Waals surface area contributed by atoms with Gasteiger partial charge in [-0.2, -0.15) is 0 Å². The summed E-state index contributed by atoms with van der Waals surface area (Å²) in [5, 5.41) is 5.49. The second-order valence-corrected chi connectivity index (χ2v) is 5.81. The lowest BCUT2D eigenvalue weighted by molar-refractivity contribution is 0.0657. The largest absolute Gasteiger partial charge is 0.341 e. The summed E-state index contributed by atoms with van der Waals surface area (Å²) in [4.78, 5) is 25.8. The molecule has 1 aliphatic rings. The molecule has 2 aromatic rings. The Morgan fingerprint density at radius 1 is 1.25 bits per heavy atom. The molecule has 2 N–H and O–H groups in total. The molecule has 1 atom stereocenters. The van der Waals surface area contributed by atoms with Crippen LogP contribution in [0.3, 0.4) is 0 Å². The molecule has 3 rings (SSSR count). The zero-order valence-electron chi connectivity index (χ0n) is 13.3. The van der Waals surface area contributed by atoms with Crippen molar-refractivity contribution in [1.82, 2.24) is 20.1 Å². The summed E-state index contributed by atoms with van der Waals surface area (Å²) in [6.07, 6.45) is 1.86. The van der Waals surface area contributed by atoms with E-state index in [1.165, 1.54) is 12.1 Å². The Morgan fingerprint density at radius 3 is 2.75 bits per heavy atom. The zero-order chi connectivity index (χ0) is 17.1. The maximum Gasteiger partial charge on any atom is 0.315 e. The SMILES string of the molecule is CN1C(=O)c2cccn2CC1CNC(=O)NCc1ccc(F)cc1. The summed E-state index contributed by atoms with van der Waals surface area (Å²) >= 11 is 0. The third-order valence-corrected chi connectivity index (χ3v) is 4.19. The number of fused-ring (bicyclic) bond motifs is 1. The first-order valence-corrected chi connectivity index (χ1v) is 7.73. The predicted molar refractivity (Wildman–Crippen MR) is 87.0 cm³/mol. The Kier molecular flexibility index (Phi) is 4.50. The molecule has 1 aromatic carbocycles. The van der Waals surface area contributed by atoms with Gasteiger partial charge in [-0.1, -0.05) is 12.1 Å². The van der Waals surface area contributed by atoms with E-state index >= 15 is 0 Å². The van der Waals surface area contributed by atoms with Crippen molar-refractivity contribution >= 4 is 11.9 Å². The van der Waals surface area contributed by atoms with Crippen LogP contribution < -0.4 is 10.6 Å². The van der Waals surface area contributed by atoms with Gasteiger partial charge >= 0.3 is 6.03 Å². The van der Waals surface area contributed by atoms with Gasteiger partial charge in [0, 0.05) is 32.9 Å². The van der Waals surface area contributed by atoms with E-state index in [1.807, 2.05) is 16.8 Å². The molecule has 2 heterocycles. The summed E-state index contributed by atoms with van der Waals surface area (Å²) in [6, 6.07) is 9.16. The van der Waals surface area contributed by atoms with Crippen LogP contribution in [-0.4, -0.2) is 41.0 Å². The van der Waals surface area contributed by atoms with Crippen molar-refractivity contribution in [2.45, 2.75) is 19.1 Å². The number of benzene rings is 1. The fraction of sp³-hybridized carbons (Fsp3) is 0.294. The number of aromatic nitrogens is 1. The molecule has 1 aliphatic heterocycles. The normalized spacial score (nSPS) is 16.7. The van der Waals surface area contributed by atoms with E-state index in [4.69, 9.17) is 0 Å². The Hall–Kier alpha value is -2.83. The van der Waals surface area contributed by atoms with E-state index in [2.05, 4.69) is 10.6 Å². The minimum atomic E-state index is -0.321. The number of hydrogen-bond donors (Lipinski definition) is 2. The van der Waals surface area contributed by atoms with Crippen LogP contribution in [0, 0.1) is 5.82 Å². The van der Waals surface area contributed by atoms with Crippen molar-refractivity contribution in [1.29, 1.82) is 0 Å². The molecule has 3 amide bonds. The van der Waals surface area contributed by atoms with Gasteiger partial charge in [0.1, 0.15) is 11.5 Å². The number of amides is 3. The summed E-state index contributed by atoms with van der Waals surface area (Å²) in [6.45, 7) is 1.31. The van der Waals surface area contributed by atoms with Crippen molar-refractivity contribution in [3.63, 3.8) is 0 Å². The molecular formula is C17H19FN4O2. The number of rotatable bonds is 4. The average Bonchev–Trinajstić information content (AvgIpc) is 3.05. The van der Waals surface area contributed by atoms with Crippen LogP contribution in [0.2, 0.25) is 0 Å². The molecule has 0 radical (unpaired) electrons. The highest BCUT2D eigenvalue weighted by Gasteiger charge is 2.29. The van der Waals surface area contributed by atoms with Gasteiger partial charge < -0.3 is 20.1 Å². The quantitative estimate of drug-likeness (QED) is 0.894. The van der Waals surface area contributed by atoms with Crippen LogP contribution in [0.25, 0.3) is 0 Å². The minimum Gasteiger partial charge on any atom is -0.341 e. The van der Waals surface area contributed by atoms with Crippen molar-refractivity contribution < 1.29 is 14.0 Å². The number of carbonyl (C=O) groups excluding carboxylic acids is 2. The van der Waals surface area contributed by atoms with E-state index in [9.17, 15) is 14.0 Å². The predicted octanol–water partition coefficient (Wildman–Crippen LogP) is 1.58. The summed E-state index contributed by atoms with van der Waals surface area (Å²) < 4.78 is 14.7. The van der Waals surface area contributed by atoms with Gasteiger partial charge in [0.05, 0.1) is 6.04 Å². The van der Waals surface area contributed by atoms with Gasteiger partial charge in [0.15, 0.2) is 0 Å². The second-order valence-electron chi connectivity index (χ2n) is 5.81. The first-order chi connectivity index (χ1) is 11.5. The van der Waals surface area contributed by atoms with E-state index in [0.717, 1.165) is 5.56 Å². The van der Waals surface area contributed by atoms with Gasteiger partial charge in [-0.25, -0.2) is 9.18 Å². The number of urea groups is 1. The molecule has 24 heavy (non-hydrogen) atoms. The molecule has 0 bridgehead atoms. The smallest absolute Gasteiger partial charge is 0.315 e. The number of carbonyl (C=O) groups is 2. The Morgan fingerprint density at radius 2 is 2.00 bits per heavy atom. The maximum atomic E-state index is 12.8. The van der Waals surface area contributed by atoms with E-state index in [-0.39, 0.29) is 23.8 Å². The van der Waals surface area contributed by atoms with Crippen molar-refractivity contribution in [2.75, 3.05) is 13.6 Å². The lowest BCUT2D eigenvalue weighted by Crippen LogP contribution is -2.52. The molecule has 126 valence electrons. The zero-order valence-corrected chi connectivity index (χ0v) is 13.3. The van der Waals surface area contributed by atoms with E-state index in [1.54, 1.807) is 30.1 Å². The van der Waals surface area contributed by atoms with Gasteiger partial charge in [0.25, 0.3) is 5.91 Å². The monoisotopic (exact) mass is 330 g/mol. The third kappa shape index (κ3) is 3.40. The Bertz CT molecular complexity index is 741. The molecule has 7 heteroatoms. The van der Waals surface area contributed by atoms with Crippen LogP contribution in [0.5, 0.6) is 0 Å². The number of hydrogen-bond acceptors (Lipinski definition) is 2. The molecule has 0 aliphatic carbocycles. The molecule has 1 unspecified atom stereocenters. The molecule has 0 saturated heterocycles. The number of nitrogens with one attached hydrogen (secondary N) is 2. The highest BCUT2D eigenvalue weighted by atomic mass is 19.1. The standard InChI is InChI=1S/C17H19FN4O2/c1-21-14(11-22-8-2-3-15(22)16(21)23)10-20-17(24)19-9-12-4-6-13(18)7-5-12/h2-8,14H,9-11H2,1H3,(H2,19,20,24). The molecule has 0 spiro atoms. The van der Waals surface area contributed by atoms with Crippen LogP contribution in [-0.2, 0) is 13.1 Å². The number of halogens is 1. The highest BCUT2D eigenvalue weighted by molar-refractivity contribution is 5.93. The van der Waals surface area contributed by atoms with Crippen molar-refractivity contribution in [3.05, 3.63) is 59.7 Å². The van der Waals surface area contributed by atoms with Gasteiger partial charge in [0.2, 0.25) is 0 Å². The van der Waals surface area contributed by atoms with Crippen LogP contribution in [0.4, 0.5) is 9.18 Å². The maximum absolute atomic E-state index is 12.8. The van der Waals surface area contributed by atoms with E-state index in [0.29, 0.717) is 25.3 Å².